The van der Waals surface area contributed by atoms with Crippen LogP contribution in [0.1, 0.15) is 16.7 Å². The van der Waals surface area contributed by atoms with Crippen LogP contribution in [-0.2, 0) is 98.1 Å². The van der Waals surface area contributed by atoms with Crippen molar-refractivity contribution in [2.45, 2.75) is 20.8 Å². The van der Waals surface area contributed by atoms with Crippen molar-refractivity contribution < 1.29 is 135 Å². The number of nitrogens with two attached hydrogens (primary N) is 1. The number of anilines is 1. The quantitative estimate of drug-likeness (QED) is 0.0543. The van der Waals surface area contributed by atoms with E-state index in [4.69, 9.17) is 15.2 Å². The molecule has 0 spiro atoms. The molecule has 6 rings (SSSR count). The van der Waals surface area contributed by atoms with Crippen LogP contribution in [0.25, 0.3) is 0 Å². The van der Waals surface area contributed by atoms with Gasteiger partial charge in [0.1, 0.15) is 23.1 Å². The molecule has 3 radical (unpaired) electrons. The van der Waals surface area contributed by atoms with Crippen molar-refractivity contribution >= 4 is 17.1 Å². The molecule has 20 heteroatoms. The molecule has 13 nitrogen and oxygen atoms in total. The predicted molar refractivity (Wildman–Crippen MR) is 183 cm³/mol. The van der Waals surface area contributed by atoms with Crippen LogP contribution >= 0.6 is 0 Å². The largest absolute Gasteiger partial charge is 0.516 e. The van der Waals surface area contributed by atoms with Crippen molar-refractivity contribution in [1.29, 1.82) is 0 Å². The van der Waals surface area contributed by atoms with Gasteiger partial charge in [-0.05, 0) is 43.5 Å². The number of benzene rings is 3. The molecule has 3 aromatic carbocycles. The number of nitro groups is 2. The molecule has 6 aromatic rings. The van der Waals surface area contributed by atoms with Gasteiger partial charge in [0.2, 0.25) is 11.6 Å². The zero-order valence-corrected chi connectivity index (χ0v) is 38.1. The first kappa shape index (κ1) is 52.1. The van der Waals surface area contributed by atoms with Gasteiger partial charge in [0.15, 0.2) is 0 Å². The molecule has 0 aliphatic carbocycles. The summed E-state index contributed by atoms with van der Waals surface area (Å²) in [6.45, 7) is 4.74. The first-order chi connectivity index (χ1) is 25.2. The first-order valence-corrected chi connectivity index (χ1v) is 14.8. The summed E-state index contributed by atoms with van der Waals surface area (Å²) in [5, 5.41) is 20.7. The van der Waals surface area contributed by atoms with E-state index < -0.39 is 44.5 Å². The van der Waals surface area contributed by atoms with Crippen molar-refractivity contribution in [3.8, 4) is 23.0 Å². The van der Waals surface area contributed by atoms with Gasteiger partial charge in [-0.3, -0.25) is 20.2 Å². The molecule has 283 valence electrons. The molecule has 0 saturated heterocycles. The third-order valence-electron chi connectivity index (χ3n) is 6.43. The Morgan fingerprint density at radius 3 is 1.54 bits per heavy atom. The number of rotatable bonds is 6. The number of nitrogens with zero attached hydrogens (tertiary/aromatic N) is 4. The fourth-order valence-electron chi connectivity index (χ4n) is 3.79. The fourth-order valence-corrected chi connectivity index (χ4v) is 3.79. The second-order valence-corrected chi connectivity index (χ2v) is 10.4. The number of aromatic amines is 1. The molecule has 0 amide bonds. The van der Waals surface area contributed by atoms with E-state index in [0.29, 0.717) is 28.9 Å². The van der Waals surface area contributed by atoms with Crippen LogP contribution in [0.2, 0.25) is 0 Å². The molecular weight excluding hydrogens is 971 g/mol. The first-order valence-electron chi connectivity index (χ1n) is 14.8. The third-order valence-corrected chi connectivity index (χ3v) is 6.43. The van der Waals surface area contributed by atoms with Crippen LogP contribution in [0.4, 0.5) is 34.6 Å². The van der Waals surface area contributed by atoms with Gasteiger partial charge in [0, 0.05) is 140 Å². The van der Waals surface area contributed by atoms with Gasteiger partial charge in [0.05, 0.1) is 21.0 Å². The maximum absolute atomic E-state index is 13.4. The van der Waals surface area contributed by atoms with Gasteiger partial charge in [0.25, 0.3) is 0 Å². The Hall–Kier alpha value is -3.86. The van der Waals surface area contributed by atoms with Gasteiger partial charge in [-0.25, -0.2) is 8.78 Å². The minimum absolute atomic E-state index is 0. The van der Waals surface area contributed by atoms with Crippen molar-refractivity contribution in [2.75, 3.05) is 5.73 Å². The molecule has 0 aliphatic rings. The molecule has 3 N–H and O–H groups in total. The summed E-state index contributed by atoms with van der Waals surface area (Å²) in [4.78, 5) is 39.3. The summed E-state index contributed by atoms with van der Waals surface area (Å²) < 4.78 is 62.7. The molecule has 0 aliphatic heterocycles. The van der Waals surface area contributed by atoms with E-state index in [1.807, 2.05) is 0 Å². The minimum Gasteiger partial charge on any atom is -0.516 e. The van der Waals surface area contributed by atoms with Crippen molar-refractivity contribution in [3.63, 3.8) is 0 Å². The summed E-state index contributed by atoms with van der Waals surface area (Å²) in [6, 6.07) is 15.4. The number of aromatic nitrogens is 3. The summed E-state index contributed by atoms with van der Waals surface area (Å²) in [5.74, 6) is -1.70. The number of ether oxygens (including phenoxy) is 2. The van der Waals surface area contributed by atoms with Crippen LogP contribution in [0.5, 0.6) is 23.0 Å². The van der Waals surface area contributed by atoms with E-state index in [2.05, 4.69) is 33.5 Å². The summed E-state index contributed by atoms with van der Waals surface area (Å²) >= 11 is 0. The molecular formula is C36H27F4N6O7Y3-3. The van der Waals surface area contributed by atoms with Crippen molar-refractivity contribution in [1.82, 2.24) is 15.0 Å². The second-order valence-electron chi connectivity index (χ2n) is 10.4. The fraction of sp³-hybridized carbons (Fsp3) is 0.0833. The van der Waals surface area contributed by atoms with E-state index in [-0.39, 0.29) is 121 Å². The molecule has 0 bridgehead atoms. The van der Waals surface area contributed by atoms with E-state index >= 15 is 0 Å². The average molecular weight is 998 g/mol. The van der Waals surface area contributed by atoms with Crippen LogP contribution < -0.4 is 20.6 Å². The number of hydrogen-bond donors (Lipinski definition) is 2. The van der Waals surface area contributed by atoms with Crippen LogP contribution in [-0.4, -0.2) is 24.8 Å². The Bertz CT molecular complexity index is 2230. The molecule has 56 heavy (non-hydrogen) atoms. The number of nitro benzene ring substituents is 2. The topological polar surface area (TPSA) is 189 Å². The number of halogens is 4. The number of nitrogens with one attached hydrogen (secondary N) is 1. The number of nitrogen functional groups attached to an aromatic ring is 1. The van der Waals surface area contributed by atoms with Crippen molar-refractivity contribution in [2.24, 2.45) is 0 Å². The SMILES string of the molecule is Cc1cc(N)c(F)cc1Oc1c[c-]ncc1.Cc1cc([N+](=O)[O-])c(F)cc1F.Cc1cc([N+](=O)[O-])c(F)cc1Oc1c[c-]ncc1.O=c1c[c-][nH]cc1.[Y].[Y].[Y]. The van der Waals surface area contributed by atoms with Crippen LogP contribution in [0.3, 0.4) is 0 Å². The zero-order chi connectivity index (χ0) is 39.1. The van der Waals surface area contributed by atoms with Gasteiger partial charge in [-0.15, -0.1) is 48.8 Å². The third kappa shape index (κ3) is 17.1. The Morgan fingerprint density at radius 2 is 1.12 bits per heavy atom. The smallest absolute Gasteiger partial charge is 0.305 e. The standard InChI is InChI=1S/C12H8FN2O3.C12H10FN2O.C7H5F2NO2.C5H4NO.3Y/c1-8-6-11(15(16)17)10(13)7-12(8)18-9-2-4-14-5-3-9;1-8-6-11(14)10(13)7-12(8)16-9-2-4-15-5-3-9;1-4-2-7(10(11)12)6(9)3-5(4)8;7-5-1-3-6-4-2-5;;;/h2-4,6-7H,1H3;2-4,6-7H,14H2,1H3;2-3H,1H3;1-3H,(H,6,7);;;/q2*-1;;-1;;;. The van der Waals surface area contributed by atoms with Crippen LogP contribution in [0.15, 0.2) is 96.2 Å². The molecule has 0 fully saturated rings. The summed E-state index contributed by atoms with van der Waals surface area (Å²) in [6.07, 6.45) is 12.3. The van der Waals surface area contributed by atoms with E-state index in [1.54, 1.807) is 44.4 Å². The summed E-state index contributed by atoms with van der Waals surface area (Å²) in [7, 11) is 0. The van der Waals surface area contributed by atoms with E-state index in [0.717, 1.165) is 23.8 Å². The Labute approximate surface area is 392 Å². The van der Waals surface area contributed by atoms with E-state index in [1.165, 1.54) is 43.5 Å². The van der Waals surface area contributed by atoms with Crippen LogP contribution in [0, 0.1) is 82.9 Å². The average Bonchev–Trinajstić information content (AvgIpc) is 3.12. The van der Waals surface area contributed by atoms with Crippen molar-refractivity contribution in [3.05, 3.63) is 180 Å². The number of aryl methyl sites for hydroxylation is 3. The number of pyridine rings is 3. The normalized spacial score (nSPS) is 9.34. The number of H-pyrrole nitrogens is 1. The second kappa shape index (κ2) is 26.1. The number of hydrogen-bond acceptors (Lipinski definition) is 10. The molecule has 0 unspecified atom stereocenters. The van der Waals surface area contributed by atoms with Gasteiger partial charge in [-0.1, -0.05) is 24.8 Å². The molecule has 0 saturated carbocycles. The zero-order valence-electron chi connectivity index (χ0n) is 29.6. The van der Waals surface area contributed by atoms with Gasteiger partial charge < -0.3 is 35.0 Å². The maximum Gasteiger partial charge on any atom is 0.305 e. The molecule has 0 atom stereocenters. The molecule has 3 aromatic heterocycles. The predicted octanol–water partition coefficient (Wildman–Crippen LogP) is 8.08. The Morgan fingerprint density at radius 1 is 0.661 bits per heavy atom. The Kier molecular flexibility index (Phi) is 24.3. The minimum atomic E-state index is -1.15. The van der Waals surface area contributed by atoms with E-state index in [9.17, 15) is 42.6 Å². The Balaban J connectivity index is 0.000000737. The molecule has 3 heterocycles. The van der Waals surface area contributed by atoms with Gasteiger partial charge >= 0.3 is 11.4 Å². The monoisotopic (exact) mass is 998 g/mol. The maximum atomic E-state index is 13.4. The van der Waals surface area contributed by atoms with Gasteiger partial charge in [-0.2, -0.15) is 8.78 Å². The summed E-state index contributed by atoms with van der Waals surface area (Å²) in [5.41, 5.74) is 5.57.